The summed E-state index contributed by atoms with van der Waals surface area (Å²) in [5.74, 6) is -1.26. The lowest BCUT2D eigenvalue weighted by atomic mass is 10.0. The van der Waals surface area contributed by atoms with Crippen LogP contribution in [0.5, 0.6) is 0 Å². The fraction of sp³-hybridized carbons (Fsp3) is 0.294. The molecule has 1 aromatic carbocycles. The van der Waals surface area contributed by atoms with E-state index in [1.165, 1.54) is 16.2 Å². The van der Waals surface area contributed by atoms with Gasteiger partial charge in [-0.1, -0.05) is 12.1 Å². The summed E-state index contributed by atoms with van der Waals surface area (Å²) in [6.07, 6.45) is 4.22. The molecule has 122 valence electrons. The number of hydrogen-bond donors (Lipinski definition) is 1. The van der Waals surface area contributed by atoms with Gasteiger partial charge in [0.05, 0.1) is 16.8 Å². The number of carbonyl (C=O) groups excluding carboxylic acids is 3. The number of imide groups is 1. The quantitative estimate of drug-likeness (QED) is 0.869. The molecule has 6 nitrogen and oxygen atoms in total. The summed E-state index contributed by atoms with van der Waals surface area (Å²) in [5, 5.41) is 3.26. The molecule has 3 amide bonds. The Morgan fingerprint density at radius 3 is 2.46 bits per heavy atom. The van der Waals surface area contributed by atoms with E-state index in [2.05, 4.69) is 10.3 Å². The molecule has 0 bridgehead atoms. The van der Waals surface area contributed by atoms with E-state index in [-0.39, 0.29) is 6.54 Å². The Morgan fingerprint density at radius 1 is 1.12 bits per heavy atom. The van der Waals surface area contributed by atoms with E-state index >= 15 is 0 Å². The molecule has 2 aromatic rings. The summed E-state index contributed by atoms with van der Waals surface area (Å²) < 4.78 is 0. The van der Waals surface area contributed by atoms with Gasteiger partial charge in [-0.2, -0.15) is 0 Å². The highest BCUT2D eigenvalue weighted by atomic mass is 32.1. The topological polar surface area (TPSA) is 79.4 Å². The van der Waals surface area contributed by atoms with Gasteiger partial charge in [0.15, 0.2) is 5.13 Å². The van der Waals surface area contributed by atoms with Gasteiger partial charge >= 0.3 is 0 Å². The minimum atomic E-state index is -0.427. The first kappa shape index (κ1) is 15.0. The van der Waals surface area contributed by atoms with Crippen molar-refractivity contribution >= 4 is 34.2 Å². The Balaban J connectivity index is 1.46. The van der Waals surface area contributed by atoms with Crippen molar-refractivity contribution in [3.05, 3.63) is 46.0 Å². The molecular weight excluding hydrogens is 326 g/mol. The highest BCUT2D eigenvalue weighted by molar-refractivity contribution is 7.15. The minimum Gasteiger partial charge on any atom is -0.300 e. The molecule has 0 spiro atoms. The molecule has 1 aliphatic carbocycles. The van der Waals surface area contributed by atoms with Crippen LogP contribution in [0.3, 0.4) is 0 Å². The lowest BCUT2D eigenvalue weighted by Crippen LogP contribution is -2.37. The number of benzene rings is 1. The highest BCUT2D eigenvalue weighted by Crippen LogP contribution is 2.29. The molecule has 24 heavy (non-hydrogen) atoms. The van der Waals surface area contributed by atoms with Gasteiger partial charge in [-0.25, -0.2) is 4.98 Å². The van der Waals surface area contributed by atoms with Crippen molar-refractivity contribution < 1.29 is 14.4 Å². The maximum Gasteiger partial charge on any atom is 0.262 e. The zero-order valence-corrected chi connectivity index (χ0v) is 13.7. The second-order valence-electron chi connectivity index (χ2n) is 5.89. The van der Waals surface area contributed by atoms with Gasteiger partial charge in [0.25, 0.3) is 11.8 Å². The van der Waals surface area contributed by atoms with Crippen LogP contribution in [0.15, 0.2) is 24.3 Å². The van der Waals surface area contributed by atoms with Crippen LogP contribution in [0.25, 0.3) is 0 Å². The van der Waals surface area contributed by atoms with Crippen molar-refractivity contribution in [3.63, 3.8) is 0 Å². The SMILES string of the molecule is O=C(CN1C(=O)c2ccccc2C1=O)Nc1nc2c(s1)CCCC2. The number of amides is 3. The second-order valence-corrected chi connectivity index (χ2v) is 6.97. The molecule has 0 saturated heterocycles. The number of rotatable bonds is 3. The van der Waals surface area contributed by atoms with E-state index in [1.54, 1.807) is 24.3 Å². The fourth-order valence-corrected chi connectivity index (χ4v) is 4.16. The van der Waals surface area contributed by atoms with Crippen LogP contribution < -0.4 is 5.32 Å². The molecule has 0 fully saturated rings. The molecule has 0 radical (unpaired) electrons. The van der Waals surface area contributed by atoms with Crippen LogP contribution >= 0.6 is 11.3 Å². The minimum absolute atomic E-state index is 0.295. The standard InChI is InChI=1S/C17H15N3O3S/c21-14(19-17-18-12-7-3-4-8-13(12)24-17)9-20-15(22)10-5-1-2-6-11(10)16(20)23/h1-2,5-6H,3-4,7-9H2,(H,18,19,21). The van der Waals surface area contributed by atoms with Crippen molar-refractivity contribution in [2.75, 3.05) is 11.9 Å². The first-order valence-electron chi connectivity index (χ1n) is 7.87. The summed E-state index contributed by atoms with van der Waals surface area (Å²) in [4.78, 5) is 43.4. The Kier molecular flexibility index (Phi) is 3.65. The molecule has 2 heterocycles. The summed E-state index contributed by atoms with van der Waals surface area (Å²) >= 11 is 1.48. The molecular formula is C17H15N3O3S. The Labute approximate surface area is 142 Å². The van der Waals surface area contributed by atoms with E-state index in [1.807, 2.05) is 0 Å². The molecule has 7 heteroatoms. The van der Waals surface area contributed by atoms with Crippen LogP contribution in [0.4, 0.5) is 5.13 Å². The number of carbonyl (C=O) groups is 3. The van der Waals surface area contributed by atoms with Gasteiger partial charge in [-0.3, -0.25) is 19.3 Å². The van der Waals surface area contributed by atoms with Gasteiger partial charge in [0.1, 0.15) is 6.54 Å². The van der Waals surface area contributed by atoms with Gasteiger partial charge < -0.3 is 5.32 Å². The summed E-state index contributed by atoms with van der Waals surface area (Å²) in [5.41, 5.74) is 1.75. The highest BCUT2D eigenvalue weighted by Gasteiger charge is 2.36. The third kappa shape index (κ3) is 2.50. The average Bonchev–Trinajstić information content (AvgIpc) is 3.09. The number of fused-ring (bicyclic) bond motifs is 2. The molecule has 1 N–H and O–H groups in total. The Bertz CT molecular complexity index is 800. The van der Waals surface area contributed by atoms with Crippen molar-refractivity contribution in [3.8, 4) is 0 Å². The van der Waals surface area contributed by atoms with Gasteiger partial charge in [0.2, 0.25) is 5.91 Å². The summed E-state index contributed by atoms with van der Waals surface area (Å²) in [6.45, 7) is -0.295. The first-order valence-corrected chi connectivity index (χ1v) is 8.69. The van der Waals surface area contributed by atoms with Crippen LogP contribution in [-0.2, 0) is 17.6 Å². The number of nitrogens with zero attached hydrogens (tertiary/aromatic N) is 2. The molecule has 0 unspecified atom stereocenters. The lowest BCUT2D eigenvalue weighted by Gasteiger charge is -2.12. The average molecular weight is 341 g/mol. The zero-order chi connectivity index (χ0) is 16.7. The number of hydrogen-bond acceptors (Lipinski definition) is 5. The van der Waals surface area contributed by atoms with Crippen molar-refractivity contribution in [1.29, 1.82) is 0 Å². The number of aryl methyl sites for hydroxylation is 2. The van der Waals surface area contributed by atoms with E-state index in [0.29, 0.717) is 16.3 Å². The van der Waals surface area contributed by atoms with Gasteiger partial charge in [-0.05, 0) is 37.8 Å². The summed E-state index contributed by atoms with van der Waals surface area (Å²) in [6, 6.07) is 6.60. The van der Waals surface area contributed by atoms with Gasteiger partial charge in [-0.15, -0.1) is 11.3 Å². The van der Waals surface area contributed by atoms with E-state index in [9.17, 15) is 14.4 Å². The maximum absolute atomic E-state index is 12.3. The van der Waals surface area contributed by atoms with Crippen molar-refractivity contribution in [1.82, 2.24) is 9.88 Å². The van der Waals surface area contributed by atoms with E-state index in [4.69, 9.17) is 0 Å². The maximum atomic E-state index is 12.3. The fourth-order valence-electron chi connectivity index (χ4n) is 3.09. The predicted molar refractivity (Wildman–Crippen MR) is 89.2 cm³/mol. The normalized spacial score (nSPS) is 16.1. The predicted octanol–water partition coefficient (Wildman–Crippen LogP) is 2.26. The van der Waals surface area contributed by atoms with Crippen LogP contribution in [0.1, 0.15) is 44.1 Å². The van der Waals surface area contributed by atoms with E-state index in [0.717, 1.165) is 36.3 Å². The Morgan fingerprint density at radius 2 is 1.79 bits per heavy atom. The molecule has 0 saturated carbocycles. The monoisotopic (exact) mass is 341 g/mol. The van der Waals surface area contributed by atoms with Crippen LogP contribution in [0, 0.1) is 0 Å². The first-order chi connectivity index (χ1) is 11.6. The van der Waals surface area contributed by atoms with Crippen molar-refractivity contribution in [2.45, 2.75) is 25.7 Å². The van der Waals surface area contributed by atoms with Gasteiger partial charge in [0, 0.05) is 4.88 Å². The third-order valence-electron chi connectivity index (χ3n) is 4.27. The number of anilines is 1. The third-order valence-corrected chi connectivity index (χ3v) is 5.34. The smallest absolute Gasteiger partial charge is 0.262 e. The molecule has 4 rings (SSSR count). The molecule has 0 atom stereocenters. The summed E-state index contributed by atoms with van der Waals surface area (Å²) in [7, 11) is 0. The molecule has 2 aliphatic rings. The van der Waals surface area contributed by atoms with Crippen LogP contribution in [-0.4, -0.2) is 34.2 Å². The largest absolute Gasteiger partial charge is 0.300 e. The van der Waals surface area contributed by atoms with E-state index < -0.39 is 17.7 Å². The second kappa shape index (κ2) is 5.83. The van der Waals surface area contributed by atoms with Crippen molar-refractivity contribution in [2.24, 2.45) is 0 Å². The molecule has 1 aliphatic heterocycles. The zero-order valence-electron chi connectivity index (χ0n) is 12.9. The number of aromatic nitrogens is 1. The lowest BCUT2D eigenvalue weighted by molar-refractivity contribution is -0.116. The Hall–Kier alpha value is -2.54. The number of thiazole rings is 1. The molecule has 1 aromatic heterocycles. The number of nitrogens with one attached hydrogen (secondary N) is 1. The van der Waals surface area contributed by atoms with Crippen LogP contribution in [0.2, 0.25) is 0 Å².